The average Bonchev–Trinajstić information content (AvgIpc) is 3.10. The first-order valence-electron chi connectivity index (χ1n) is 9.16. The first-order chi connectivity index (χ1) is 13.7. The monoisotopic (exact) mass is 416 g/mol. The molecule has 0 atom stereocenters. The fourth-order valence-corrected chi connectivity index (χ4v) is 2.71. The lowest BCUT2D eigenvalue weighted by molar-refractivity contribution is -0.139. The van der Waals surface area contributed by atoms with Crippen LogP contribution in [0.15, 0.2) is 59.0 Å². The summed E-state index contributed by atoms with van der Waals surface area (Å²) in [5.74, 6) is 1.96. The number of oxazole rings is 1. The van der Waals surface area contributed by atoms with Crippen molar-refractivity contribution in [2.75, 3.05) is 20.3 Å². The van der Waals surface area contributed by atoms with Crippen LogP contribution in [0.3, 0.4) is 0 Å². The van der Waals surface area contributed by atoms with Gasteiger partial charge in [-0.25, -0.2) is 4.98 Å². The summed E-state index contributed by atoms with van der Waals surface area (Å²) in [6.07, 6.45) is 0.671. The zero-order valence-corrected chi connectivity index (χ0v) is 17.3. The second-order valence-electron chi connectivity index (χ2n) is 6.31. The van der Waals surface area contributed by atoms with E-state index in [1.807, 2.05) is 61.5 Å². The highest BCUT2D eigenvalue weighted by Gasteiger charge is 2.11. The van der Waals surface area contributed by atoms with Crippen LogP contribution < -0.4 is 10.1 Å². The molecule has 154 valence electrons. The van der Waals surface area contributed by atoms with Gasteiger partial charge in [-0.05, 0) is 36.8 Å². The molecule has 7 heteroatoms. The van der Waals surface area contributed by atoms with Crippen molar-refractivity contribution in [1.82, 2.24) is 10.3 Å². The molecule has 0 unspecified atom stereocenters. The van der Waals surface area contributed by atoms with Gasteiger partial charge in [-0.2, -0.15) is 0 Å². The maximum atomic E-state index is 11.1. The minimum Gasteiger partial charge on any atom is -0.493 e. The molecular weight excluding hydrogens is 392 g/mol. The number of carbonyl (C=O) groups is 1. The Labute approximate surface area is 176 Å². The van der Waals surface area contributed by atoms with Crippen molar-refractivity contribution in [3.63, 3.8) is 0 Å². The third-order valence-electron chi connectivity index (χ3n) is 4.27. The van der Waals surface area contributed by atoms with Crippen LogP contribution in [0.25, 0.3) is 11.5 Å². The largest absolute Gasteiger partial charge is 0.493 e. The first-order valence-corrected chi connectivity index (χ1v) is 9.16. The van der Waals surface area contributed by atoms with Crippen LogP contribution in [-0.2, 0) is 22.5 Å². The Bertz CT molecular complexity index is 895. The minimum atomic E-state index is -0.279. The molecule has 0 amide bonds. The maximum absolute atomic E-state index is 11.1. The quantitative estimate of drug-likeness (QED) is 0.532. The molecule has 0 radical (unpaired) electrons. The summed E-state index contributed by atoms with van der Waals surface area (Å²) in [7, 11) is 1.37. The molecule has 6 nitrogen and oxygen atoms in total. The van der Waals surface area contributed by atoms with Gasteiger partial charge in [0, 0.05) is 18.5 Å². The van der Waals surface area contributed by atoms with E-state index in [1.165, 1.54) is 7.11 Å². The Morgan fingerprint density at radius 1 is 1.10 bits per heavy atom. The van der Waals surface area contributed by atoms with Gasteiger partial charge in [0.15, 0.2) is 0 Å². The zero-order chi connectivity index (χ0) is 19.8. The van der Waals surface area contributed by atoms with E-state index in [1.54, 1.807) is 0 Å². The van der Waals surface area contributed by atoms with E-state index in [-0.39, 0.29) is 24.9 Å². The highest BCUT2D eigenvalue weighted by Crippen LogP contribution is 2.22. The van der Waals surface area contributed by atoms with Crippen molar-refractivity contribution in [2.24, 2.45) is 0 Å². The average molecular weight is 417 g/mol. The van der Waals surface area contributed by atoms with Gasteiger partial charge >= 0.3 is 5.97 Å². The van der Waals surface area contributed by atoms with E-state index < -0.39 is 0 Å². The Kier molecular flexibility index (Phi) is 8.70. The summed E-state index contributed by atoms with van der Waals surface area (Å²) in [4.78, 5) is 15.7. The minimum absolute atomic E-state index is 0. The van der Waals surface area contributed by atoms with Gasteiger partial charge in [0.1, 0.15) is 11.5 Å². The number of rotatable bonds is 9. The van der Waals surface area contributed by atoms with Crippen LogP contribution in [0.5, 0.6) is 5.75 Å². The Morgan fingerprint density at radius 3 is 2.52 bits per heavy atom. The molecule has 0 aliphatic carbocycles. The molecule has 29 heavy (non-hydrogen) atoms. The number of halogens is 1. The van der Waals surface area contributed by atoms with Gasteiger partial charge in [0.2, 0.25) is 5.89 Å². The van der Waals surface area contributed by atoms with Crippen LogP contribution in [0.2, 0.25) is 0 Å². The molecule has 0 aliphatic heterocycles. The molecular formula is C22H25ClN2O4. The number of ether oxygens (including phenoxy) is 2. The smallest absolute Gasteiger partial charge is 0.319 e. The zero-order valence-electron chi connectivity index (χ0n) is 16.5. The van der Waals surface area contributed by atoms with Crippen LogP contribution in [0.1, 0.15) is 17.0 Å². The lowest BCUT2D eigenvalue weighted by Gasteiger charge is -2.07. The number of hydrogen-bond donors (Lipinski definition) is 1. The molecule has 3 aromatic rings. The number of methoxy groups -OCH3 is 1. The van der Waals surface area contributed by atoms with Crippen molar-refractivity contribution in [3.05, 3.63) is 71.6 Å². The van der Waals surface area contributed by atoms with Crippen molar-refractivity contribution in [3.8, 4) is 17.2 Å². The van der Waals surface area contributed by atoms with Gasteiger partial charge in [-0.1, -0.05) is 30.3 Å². The summed E-state index contributed by atoms with van der Waals surface area (Å²) in [5, 5.41) is 3.02. The third kappa shape index (κ3) is 6.62. The molecule has 2 aromatic carbocycles. The van der Waals surface area contributed by atoms with Gasteiger partial charge in [-0.15, -0.1) is 12.4 Å². The normalized spacial score (nSPS) is 10.3. The fourth-order valence-electron chi connectivity index (χ4n) is 2.71. The number of hydrogen-bond acceptors (Lipinski definition) is 6. The van der Waals surface area contributed by atoms with Crippen molar-refractivity contribution < 1.29 is 18.7 Å². The predicted octanol–water partition coefficient (Wildman–Crippen LogP) is 3.96. The van der Waals surface area contributed by atoms with Crippen LogP contribution in [0.4, 0.5) is 0 Å². The number of carbonyl (C=O) groups excluding carboxylic acids is 1. The SMILES string of the molecule is COC(=O)CNCc1ccc(OCCc2nc(-c3ccccc3)oc2C)cc1.Cl. The summed E-state index contributed by atoms with van der Waals surface area (Å²) in [6, 6.07) is 17.6. The summed E-state index contributed by atoms with van der Waals surface area (Å²) < 4.78 is 16.2. The van der Waals surface area contributed by atoms with E-state index >= 15 is 0 Å². The second-order valence-corrected chi connectivity index (χ2v) is 6.31. The number of nitrogens with zero attached hydrogens (tertiary/aromatic N) is 1. The van der Waals surface area contributed by atoms with Gasteiger partial charge < -0.3 is 19.2 Å². The topological polar surface area (TPSA) is 73.6 Å². The molecule has 0 saturated carbocycles. The predicted molar refractivity (Wildman–Crippen MR) is 113 cm³/mol. The maximum Gasteiger partial charge on any atom is 0.319 e. The summed E-state index contributed by atoms with van der Waals surface area (Å²) in [6.45, 7) is 3.22. The first kappa shape index (κ1) is 22.5. The lowest BCUT2D eigenvalue weighted by Crippen LogP contribution is -2.23. The van der Waals surface area contributed by atoms with Crippen LogP contribution in [-0.4, -0.2) is 31.2 Å². The van der Waals surface area contributed by atoms with E-state index in [9.17, 15) is 4.79 Å². The lowest BCUT2D eigenvalue weighted by atomic mass is 10.2. The van der Waals surface area contributed by atoms with E-state index in [0.29, 0.717) is 25.5 Å². The molecule has 0 fully saturated rings. The molecule has 0 spiro atoms. The molecule has 1 aromatic heterocycles. The third-order valence-corrected chi connectivity index (χ3v) is 4.27. The van der Waals surface area contributed by atoms with Crippen molar-refractivity contribution in [2.45, 2.75) is 19.9 Å². The van der Waals surface area contributed by atoms with Crippen LogP contribution >= 0.6 is 12.4 Å². The molecule has 0 aliphatic rings. The van der Waals surface area contributed by atoms with Gasteiger partial charge in [0.05, 0.1) is 26.0 Å². The molecule has 1 N–H and O–H groups in total. The van der Waals surface area contributed by atoms with Crippen LogP contribution in [0, 0.1) is 6.92 Å². The van der Waals surface area contributed by atoms with Gasteiger partial charge in [0.25, 0.3) is 0 Å². The van der Waals surface area contributed by atoms with Gasteiger partial charge in [-0.3, -0.25) is 4.79 Å². The summed E-state index contributed by atoms with van der Waals surface area (Å²) in [5.41, 5.74) is 2.94. The molecule has 3 rings (SSSR count). The summed E-state index contributed by atoms with van der Waals surface area (Å²) >= 11 is 0. The highest BCUT2D eigenvalue weighted by atomic mass is 35.5. The van der Waals surface area contributed by atoms with E-state index in [4.69, 9.17) is 9.15 Å². The molecule has 0 saturated heterocycles. The Morgan fingerprint density at radius 2 is 1.83 bits per heavy atom. The number of nitrogens with one attached hydrogen (secondary N) is 1. The number of aryl methyl sites for hydroxylation is 1. The second kappa shape index (κ2) is 11.2. The van der Waals surface area contributed by atoms with Crippen molar-refractivity contribution in [1.29, 1.82) is 0 Å². The van der Waals surface area contributed by atoms with E-state index in [2.05, 4.69) is 15.0 Å². The Hall–Kier alpha value is -2.83. The molecule has 1 heterocycles. The highest BCUT2D eigenvalue weighted by molar-refractivity contribution is 5.85. The number of esters is 1. The number of aromatic nitrogens is 1. The standard InChI is InChI=1S/C22H24N2O4.ClH/c1-16-20(24-22(28-16)18-6-4-3-5-7-18)12-13-27-19-10-8-17(9-11-19)14-23-15-21(25)26-2;/h3-11,23H,12-15H2,1-2H3;1H. The van der Waals surface area contributed by atoms with Crippen molar-refractivity contribution >= 4 is 18.4 Å². The Balaban J connectivity index is 0.00000300. The van der Waals surface area contributed by atoms with E-state index in [0.717, 1.165) is 28.3 Å². The molecule has 0 bridgehead atoms. The fraction of sp³-hybridized carbons (Fsp3) is 0.273. The number of benzene rings is 2.